The third-order valence-electron chi connectivity index (χ3n) is 4.22. The minimum Gasteiger partial charge on any atom is -0.295 e. The van der Waals surface area contributed by atoms with E-state index in [-0.39, 0.29) is 24.7 Å². The topological polar surface area (TPSA) is 83.6 Å². The molecule has 4 amide bonds. The summed E-state index contributed by atoms with van der Waals surface area (Å²) in [6, 6.07) is -0.912. The van der Waals surface area contributed by atoms with E-state index in [1.54, 1.807) is 13.0 Å². The summed E-state index contributed by atoms with van der Waals surface area (Å²) in [6.45, 7) is 7.41. The Hall–Kier alpha value is -2.24. The number of nitrogens with one attached hydrogen (secondary N) is 1. The highest BCUT2D eigenvalue weighted by Gasteiger charge is 2.46. The first-order valence-corrected chi connectivity index (χ1v) is 7.38. The number of amides is 4. The van der Waals surface area contributed by atoms with Crippen molar-refractivity contribution in [3.05, 3.63) is 22.8 Å². The Morgan fingerprint density at radius 1 is 1.23 bits per heavy atom. The number of likely N-dealkylation sites (tertiary alicyclic amines) is 1. The molecule has 0 aromatic rings. The van der Waals surface area contributed by atoms with Crippen LogP contribution in [0.3, 0.4) is 0 Å². The monoisotopic (exact) mass is 304 g/mol. The Morgan fingerprint density at radius 3 is 2.36 bits per heavy atom. The van der Waals surface area contributed by atoms with Gasteiger partial charge in [0, 0.05) is 12.0 Å². The number of nitrogens with zero attached hydrogens (tertiary/aromatic N) is 1. The van der Waals surface area contributed by atoms with E-state index in [2.05, 4.69) is 5.32 Å². The second kappa shape index (κ2) is 5.87. The summed E-state index contributed by atoms with van der Waals surface area (Å²) >= 11 is 0. The predicted molar refractivity (Wildman–Crippen MR) is 79.3 cm³/mol. The molecule has 6 nitrogen and oxygen atoms in total. The zero-order valence-electron chi connectivity index (χ0n) is 13.2. The molecule has 2 rings (SSSR count). The van der Waals surface area contributed by atoms with Crippen LogP contribution in [0.1, 0.15) is 40.5 Å². The normalized spacial score (nSPS) is 27.0. The van der Waals surface area contributed by atoms with Crippen molar-refractivity contribution in [2.75, 3.05) is 0 Å². The number of carbonyl (C=O) groups is 4. The minimum absolute atomic E-state index is 0.114. The van der Waals surface area contributed by atoms with E-state index in [0.717, 1.165) is 10.5 Å². The van der Waals surface area contributed by atoms with Crippen LogP contribution in [0, 0.1) is 5.92 Å². The molecule has 0 aromatic heterocycles. The molecule has 0 aromatic carbocycles. The summed E-state index contributed by atoms with van der Waals surface area (Å²) in [6.07, 6.45) is 1.90. The van der Waals surface area contributed by atoms with Gasteiger partial charge in [-0.05, 0) is 26.2 Å². The fourth-order valence-corrected chi connectivity index (χ4v) is 2.71. The maximum atomic E-state index is 12.7. The largest absolute Gasteiger partial charge is 0.295 e. The summed E-state index contributed by atoms with van der Waals surface area (Å²) < 4.78 is 0. The van der Waals surface area contributed by atoms with Gasteiger partial charge in [0.05, 0.1) is 5.57 Å². The van der Waals surface area contributed by atoms with Crippen LogP contribution < -0.4 is 5.32 Å². The maximum absolute atomic E-state index is 12.7. The maximum Gasteiger partial charge on any atom is 0.262 e. The van der Waals surface area contributed by atoms with Crippen molar-refractivity contribution in [2.45, 2.75) is 46.6 Å². The lowest BCUT2D eigenvalue weighted by Crippen LogP contribution is -2.54. The molecule has 6 heteroatoms. The lowest BCUT2D eigenvalue weighted by Gasteiger charge is -2.27. The van der Waals surface area contributed by atoms with Crippen molar-refractivity contribution in [3.8, 4) is 0 Å². The summed E-state index contributed by atoms with van der Waals surface area (Å²) in [4.78, 5) is 49.5. The third-order valence-corrected chi connectivity index (χ3v) is 4.22. The number of allylic oxidation sites excluding steroid dienone is 2. The van der Waals surface area contributed by atoms with Gasteiger partial charge in [-0.3, -0.25) is 29.4 Å². The standard InChI is InChI=1S/C16H20N2O4/c1-5-10-13(9(4)8(2)3)16(22)18(15(10)21)11-6-7-12(19)17-14(11)20/h5,8,11H,6-7H2,1-4H3,(H,17,19,20)/b10-5+,13-9-. The number of imide groups is 2. The van der Waals surface area contributed by atoms with E-state index < -0.39 is 23.8 Å². The van der Waals surface area contributed by atoms with Gasteiger partial charge in [0.25, 0.3) is 11.8 Å². The smallest absolute Gasteiger partial charge is 0.262 e. The van der Waals surface area contributed by atoms with E-state index in [9.17, 15) is 19.2 Å². The van der Waals surface area contributed by atoms with Gasteiger partial charge in [-0.15, -0.1) is 0 Å². The number of hydrogen-bond donors (Lipinski definition) is 1. The Labute approximate surface area is 129 Å². The second-order valence-corrected chi connectivity index (χ2v) is 5.86. The van der Waals surface area contributed by atoms with Crippen molar-refractivity contribution in [1.29, 1.82) is 0 Å². The highest BCUT2D eigenvalue weighted by atomic mass is 16.2. The summed E-state index contributed by atoms with van der Waals surface area (Å²) in [7, 11) is 0. The Kier molecular flexibility index (Phi) is 4.30. The van der Waals surface area contributed by atoms with Crippen LogP contribution >= 0.6 is 0 Å². The molecular weight excluding hydrogens is 284 g/mol. The van der Waals surface area contributed by atoms with Crippen LogP contribution in [0.25, 0.3) is 0 Å². The SMILES string of the molecule is C/C=C1/C(=O)N(C2CCC(=O)NC2=O)C(=O)/C1=C(/C)C(C)C. The molecule has 0 aliphatic carbocycles. The molecule has 1 N–H and O–H groups in total. The molecule has 1 atom stereocenters. The fourth-order valence-electron chi connectivity index (χ4n) is 2.71. The minimum atomic E-state index is -0.912. The zero-order chi connectivity index (χ0) is 16.6. The molecule has 2 saturated heterocycles. The van der Waals surface area contributed by atoms with Crippen LogP contribution in [0.15, 0.2) is 22.8 Å². The Bertz CT molecular complexity index is 628. The molecule has 2 aliphatic heterocycles. The van der Waals surface area contributed by atoms with Crippen molar-refractivity contribution < 1.29 is 19.2 Å². The Morgan fingerprint density at radius 2 is 1.86 bits per heavy atom. The highest BCUT2D eigenvalue weighted by molar-refractivity contribution is 6.26. The van der Waals surface area contributed by atoms with Gasteiger partial charge in [-0.1, -0.05) is 25.5 Å². The van der Waals surface area contributed by atoms with Gasteiger partial charge in [0.1, 0.15) is 6.04 Å². The number of piperidine rings is 1. The van der Waals surface area contributed by atoms with E-state index in [4.69, 9.17) is 0 Å². The van der Waals surface area contributed by atoms with Crippen molar-refractivity contribution in [3.63, 3.8) is 0 Å². The second-order valence-electron chi connectivity index (χ2n) is 5.86. The van der Waals surface area contributed by atoms with Crippen molar-refractivity contribution in [2.24, 2.45) is 5.92 Å². The molecule has 2 aliphatic rings. The molecule has 118 valence electrons. The zero-order valence-corrected chi connectivity index (χ0v) is 13.2. The van der Waals surface area contributed by atoms with E-state index in [1.807, 2.05) is 20.8 Å². The molecule has 0 spiro atoms. The van der Waals surface area contributed by atoms with Gasteiger partial charge in [0.2, 0.25) is 11.8 Å². The summed E-state index contributed by atoms with van der Waals surface area (Å²) in [5.41, 5.74) is 1.54. The molecule has 0 radical (unpaired) electrons. The van der Waals surface area contributed by atoms with Crippen LogP contribution in [0.4, 0.5) is 0 Å². The van der Waals surface area contributed by atoms with Gasteiger partial charge in [0.15, 0.2) is 0 Å². The highest BCUT2D eigenvalue weighted by Crippen LogP contribution is 2.33. The first-order valence-electron chi connectivity index (χ1n) is 7.38. The van der Waals surface area contributed by atoms with E-state index >= 15 is 0 Å². The molecular formula is C16H20N2O4. The van der Waals surface area contributed by atoms with Crippen LogP contribution in [0.5, 0.6) is 0 Å². The first kappa shape index (κ1) is 16.1. The predicted octanol–water partition coefficient (Wildman–Crippen LogP) is 1.08. The van der Waals surface area contributed by atoms with Crippen molar-refractivity contribution >= 4 is 23.6 Å². The summed E-state index contributed by atoms with van der Waals surface area (Å²) in [5, 5.41) is 2.19. The average Bonchev–Trinajstić information content (AvgIpc) is 2.69. The Balaban J connectivity index is 2.45. The quantitative estimate of drug-likeness (QED) is 0.611. The number of carbonyl (C=O) groups excluding carboxylic acids is 4. The van der Waals surface area contributed by atoms with E-state index in [0.29, 0.717) is 11.1 Å². The average molecular weight is 304 g/mol. The van der Waals surface area contributed by atoms with Crippen LogP contribution in [-0.2, 0) is 19.2 Å². The number of rotatable bonds is 2. The molecule has 1 unspecified atom stereocenters. The molecule has 2 fully saturated rings. The molecule has 0 bridgehead atoms. The molecule has 0 saturated carbocycles. The van der Waals surface area contributed by atoms with Gasteiger partial charge < -0.3 is 0 Å². The van der Waals surface area contributed by atoms with Crippen molar-refractivity contribution in [1.82, 2.24) is 10.2 Å². The van der Waals surface area contributed by atoms with Gasteiger partial charge in [-0.2, -0.15) is 0 Å². The van der Waals surface area contributed by atoms with Gasteiger partial charge in [-0.25, -0.2) is 0 Å². The fraction of sp³-hybridized carbons (Fsp3) is 0.500. The lowest BCUT2D eigenvalue weighted by atomic mass is 9.95. The first-order chi connectivity index (χ1) is 10.3. The van der Waals surface area contributed by atoms with Gasteiger partial charge >= 0.3 is 0 Å². The molecule has 22 heavy (non-hydrogen) atoms. The third kappa shape index (κ3) is 2.49. The molecule has 2 heterocycles. The lowest BCUT2D eigenvalue weighted by molar-refractivity contribution is -0.149. The summed E-state index contributed by atoms with van der Waals surface area (Å²) in [5.74, 6) is -1.75. The number of hydrogen-bond acceptors (Lipinski definition) is 4. The van der Waals surface area contributed by atoms with E-state index in [1.165, 1.54) is 0 Å². The van der Waals surface area contributed by atoms with Crippen LogP contribution in [-0.4, -0.2) is 34.6 Å². The van der Waals surface area contributed by atoms with Crippen LogP contribution in [0.2, 0.25) is 0 Å².